The van der Waals surface area contributed by atoms with Crippen molar-refractivity contribution in [3.05, 3.63) is 102 Å². The third-order valence-corrected chi connectivity index (χ3v) is 6.93. The predicted molar refractivity (Wildman–Crippen MR) is 137 cm³/mol. The van der Waals surface area contributed by atoms with Gasteiger partial charge in [-0.2, -0.15) is 0 Å². The maximum Gasteiger partial charge on any atom is 0.341 e. The van der Waals surface area contributed by atoms with Crippen LogP contribution in [-0.4, -0.2) is 23.7 Å². The summed E-state index contributed by atoms with van der Waals surface area (Å²) < 4.78 is 35.4. The van der Waals surface area contributed by atoms with Crippen LogP contribution in [0, 0.1) is 11.6 Å². The number of ether oxygens (including phenoxy) is 1. The van der Waals surface area contributed by atoms with Gasteiger partial charge in [0.25, 0.3) is 0 Å². The molecule has 1 heterocycles. The number of para-hydroxylation sites is 2. The van der Waals surface area contributed by atoms with Crippen LogP contribution in [0.25, 0.3) is 10.8 Å². The van der Waals surface area contributed by atoms with E-state index in [1.807, 2.05) is 18.2 Å². The Balaban J connectivity index is 1.34. The average molecular weight is 488 g/mol. The number of nitrogens with zero attached hydrogens (tertiary/aromatic N) is 1. The Kier molecular flexibility index (Phi) is 6.59. The number of halogens is 2. The molecule has 1 aliphatic heterocycles. The molecule has 4 aromatic carbocycles. The Labute approximate surface area is 208 Å². The van der Waals surface area contributed by atoms with Gasteiger partial charge < -0.3 is 14.7 Å². The van der Waals surface area contributed by atoms with Crippen LogP contribution in [0.1, 0.15) is 48.0 Å². The van der Waals surface area contributed by atoms with Crippen LogP contribution in [0.15, 0.2) is 78.9 Å². The summed E-state index contributed by atoms with van der Waals surface area (Å²) in [4.78, 5) is 13.2. The zero-order chi connectivity index (χ0) is 25.2. The topological polar surface area (TPSA) is 49.8 Å². The molecule has 0 radical (unpaired) electrons. The summed E-state index contributed by atoms with van der Waals surface area (Å²) in [7, 11) is 0. The van der Waals surface area contributed by atoms with Gasteiger partial charge in [0.1, 0.15) is 23.2 Å². The molecule has 5 rings (SSSR count). The summed E-state index contributed by atoms with van der Waals surface area (Å²) in [5, 5.41) is 11.8. The van der Waals surface area contributed by atoms with E-state index in [9.17, 15) is 14.3 Å². The van der Waals surface area contributed by atoms with Crippen molar-refractivity contribution in [2.75, 3.05) is 11.4 Å². The summed E-state index contributed by atoms with van der Waals surface area (Å²) in [6, 6.07) is 24.3. The molecule has 2 atom stereocenters. The molecule has 0 aliphatic carbocycles. The molecule has 1 unspecified atom stereocenters. The Morgan fingerprint density at radius 3 is 2.58 bits per heavy atom. The minimum Gasteiger partial charge on any atom is -0.486 e. The predicted octanol–water partition coefficient (Wildman–Crippen LogP) is 7.69. The summed E-state index contributed by atoms with van der Waals surface area (Å²) in [6.45, 7) is 2.56. The molecule has 4 aromatic rings. The molecule has 0 amide bonds. The number of hydrogen-bond donors (Lipinski definition) is 1. The van der Waals surface area contributed by atoms with Gasteiger partial charge in [-0.05, 0) is 65.8 Å². The van der Waals surface area contributed by atoms with Crippen molar-refractivity contribution in [1.82, 2.24) is 0 Å². The Morgan fingerprint density at radius 1 is 1.00 bits per heavy atom. The van der Waals surface area contributed by atoms with E-state index < -0.39 is 23.2 Å². The zero-order valence-electron chi connectivity index (χ0n) is 20.0. The molecule has 0 fully saturated rings. The quantitative estimate of drug-likeness (QED) is 0.290. The van der Waals surface area contributed by atoms with Crippen LogP contribution in [0.2, 0.25) is 0 Å². The van der Waals surface area contributed by atoms with Gasteiger partial charge in [0.2, 0.25) is 0 Å². The fraction of sp³-hybridized carbons (Fsp3) is 0.233. The van der Waals surface area contributed by atoms with Crippen molar-refractivity contribution in [2.24, 2.45) is 0 Å². The number of hydrogen-bond acceptors (Lipinski definition) is 3. The lowest BCUT2D eigenvalue weighted by Gasteiger charge is -2.36. The molecule has 0 aromatic heterocycles. The fourth-order valence-electron chi connectivity index (χ4n) is 5.11. The second-order valence-corrected chi connectivity index (χ2v) is 9.28. The normalized spacial score (nSPS) is 15.9. The first-order chi connectivity index (χ1) is 17.4. The van der Waals surface area contributed by atoms with Gasteiger partial charge in [-0.15, -0.1) is 0 Å². The van der Waals surface area contributed by atoms with Gasteiger partial charge in [0.05, 0.1) is 17.9 Å². The van der Waals surface area contributed by atoms with E-state index in [2.05, 4.69) is 43.3 Å². The molecule has 4 nitrogen and oxygen atoms in total. The highest BCUT2D eigenvalue weighted by molar-refractivity contribution is 5.90. The van der Waals surface area contributed by atoms with E-state index in [0.717, 1.165) is 25.3 Å². The number of benzene rings is 4. The van der Waals surface area contributed by atoms with Crippen molar-refractivity contribution in [3.63, 3.8) is 0 Å². The van der Waals surface area contributed by atoms with Crippen molar-refractivity contribution >= 4 is 28.1 Å². The third-order valence-electron chi connectivity index (χ3n) is 6.93. The summed E-state index contributed by atoms with van der Waals surface area (Å²) in [6.07, 6.45) is 2.38. The standard InChI is InChI=1S/C30H27F2NO3/c1-19(22-13-7-10-20-9-2-3-12-23(20)22)8-6-11-21-18-33(25-14-4-5-15-27(25)36-21)26-17-16-24(31)28(29(26)32)30(34)35/h2-5,7,9-10,12-17,19,21H,6,8,11,18H2,1H3,(H,34,35)/t19-,21?/m0/s1. The number of rotatable bonds is 7. The van der Waals surface area contributed by atoms with Crippen molar-refractivity contribution in [1.29, 1.82) is 0 Å². The first-order valence-electron chi connectivity index (χ1n) is 12.2. The Bertz CT molecular complexity index is 1420. The Hall–Kier alpha value is -3.93. The van der Waals surface area contributed by atoms with Crippen LogP contribution >= 0.6 is 0 Å². The molecule has 0 spiro atoms. The van der Waals surface area contributed by atoms with Gasteiger partial charge in [0.15, 0.2) is 5.82 Å². The first-order valence-corrected chi connectivity index (χ1v) is 12.2. The molecular weight excluding hydrogens is 460 g/mol. The van der Waals surface area contributed by atoms with Crippen LogP contribution in [0.5, 0.6) is 5.75 Å². The van der Waals surface area contributed by atoms with E-state index >= 15 is 4.39 Å². The highest BCUT2D eigenvalue weighted by atomic mass is 19.1. The van der Waals surface area contributed by atoms with Crippen LogP contribution in [0.3, 0.4) is 0 Å². The molecule has 184 valence electrons. The van der Waals surface area contributed by atoms with E-state index in [1.165, 1.54) is 22.4 Å². The van der Waals surface area contributed by atoms with Crippen LogP contribution < -0.4 is 9.64 Å². The van der Waals surface area contributed by atoms with Crippen molar-refractivity contribution < 1.29 is 23.4 Å². The highest BCUT2D eigenvalue weighted by Crippen LogP contribution is 2.41. The van der Waals surface area contributed by atoms with Gasteiger partial charge in [-0.3, -0.25) is 0 Å². The number of anilines is 2. The van der Waals surface area contributed by atoms with E-state index in [1.54, 1.807) is 17.0 Å². The second kappa shape index (κ2) is 9.97. The minimum atomic E-state index is -1.63. The summed E-state index contributed by atoms with van der Waals surface area (Å²) >= 11 is 0. The fourth-order valence-corrected chi connectivity index (χ4v) is 5.11. The lowest BCUT2D eigenvalue weighted by atomic mass is 9.90. The zero-order valence-corrected chi connectivity index (χ0v) is 20.0. The largest absolute Gasteiger partial charge is 0.486 e. The number of carboxylic acids is 1. The van der Waals surface area contributed by atoms with Gasteiger partial charge in [-0.1, -0.05) is 61.5 Å². The molecule has 6 heteroatoms. The number of aromatic carboxylic acids is 1. The average Bonchev–Trinajstić information content (AvgIpc) is 2.88. The SMILES string of the molecule is C[C@@H](CCCC1CN(c2ccc(F)c(C(=O)O)c2F)c2ccccc2O1)c1cccc2ccccc12. The lowest BCUT2D eigenvalue weighted by molar-refractivity contribution is 0.0686. The van der Waals surface area contributed by atoms with Gasteiger partial charge in [-0.25, -0.2) is 13.6 Å². The van der Waals surface area contributed by atoms with Crippen molar-refractivity contribution in [2.45, 2.75) is 38.2 Å². The van der Waals surface area contributed by atoms with E-state index in [4.69, 9.17) is 4.74 Å². The third kappa shape index (κ3) is 4.51. The molecule has 0 bridgehead atoms. The Morgan fingerprint density at radius 2 is 1.75 bits per heavy atom. The monoisotopic (exact) mass is 487 g/mol. The second-order valence-electron chi connectivity index (χ2n) is 9.28. The van der Waals surface area contributed by atoms with Crippen molar-refractivity contribution in [3.8, 4) is 5.75 Å². The smallest absolute Gasteiger partial charge is 0.341 e. The highest BCUT2D eigenvalue weighted by Gasteiger charge is 2.30. The van der Waals surface area contributed by atoms with E-state index in [-0.39, 0.29) is 11.8 Å². The molecule has 36 heavy (non-hydrogen) atoms. The van der Waals surface area contributed by atoms with Crippen LogP contribution in [-0.2, 0) is 0 Å². The summed E-state index contributed by atoms with van der Waals surface area (Å²) in [5.41, 5.74) is 1.02. The molecule has 0 saturated carbocycles. The molecule has 1 N–H and O–H groups in total. The molecular formula is C30H27F2NO3. The van der Waals surface area contributed by atoms with Gasteiger partial charge in [0, 0.05) is 0 Å². The van der Waals surface area contributed by atoms with Crippen LogP contribution in [0.4, 0.5) is 20.2 Å². The molecule has 1 aliphatic rings. The number of fused-ring (bicyclic) bond motifs is 2. The maximum absolute atomic E-state index is 15.2. The number of carboxylic acid groups (broad SMARTS) is 1. The number of carbonyl (C=O) groups is 1. The maximum atomic E-state index is 15.2. The molecule has 0 saturated heterocycles. The lowest BCUT2D eigenvalue weighted by Crippen LogP contribution is -2.38. The van der Waals surface area contributed by atoms with E-state index in [0.29, 0.717) is 23.9 Å². The summed E-state index contributed by atoms with van der Waals surface area (Å²) in [5.74, 6) is -2.86. The van der Waals surface area contributed by atoms with Gasteiger partial charge >= 0.3 is 5.97 Å². The first kappa shape index (κ1) is 23.8. The minimum absolute atomic E-state index is 0.0265.